The molecular formula is C11H23NO3Si. The summed E-state index contributed by atoms with van der Waals surface area (Å²) in [6.45, 7) is 9.19. The van der Waals surface area contributed by atoms with Gasteiger partial charge in [0.05, 0.1) is 0 Å². The molecule has 0 radical (unpaired) electrons. The second-order valence-electron chi connectivity index (χ2n) is 4.03. The van der Waals surface area contributed by atoms with Gasteiger partial charge in [-0.3, -0.25) is 0 Å². The minimum absolute atomic E-state index is 0.523. The highest BCUT2D eigenvalue weighted by atomic mass is 28.4. The third-order valence-electron chi connectivity index (χ3n) is 2.19. The smallest absolute Gasteiger partial charge is 0.431 e. The first kappa shape index (κ1) is 15.4. The molecule has 0 N–H and O–H groups in total. The molecule has 0 aliphatic carbocycles. The Morgan fingerprint density at radius 1 is 1.19 bits per heavy atom. The predicted octanol–water partition coefficient (Wildman–Crippen LogP) is 2.93. The van der Waals surface area contributed by atoms with Crippen LogP contribution in [0.3, 0.4) is 0 Å². The minimum atomic E-state index is -2.72. The molecular weight excluding hydrogens is 222 g/mol. The summed E-state index contributed by atoms with van der Waals surface area (Å²) in [6.07, 6.45) is 3.81. The van der Waals surface area contributed by atoms with E-state index in [0.717, 1.165) is 18.9 Å². The highest BCUT2D eigenvalue weighted by molar-refractivity contribution is 6.61. The first-order valence-electron chi connectivity index (χ1n) is 5.95. The lowest BCUT2D eigenvalue weighted by atomic mass is 10.1. The Morgan fingerprint density at radius 3 is 2.12 bits per heavy atom. The van der Waals surface area contributed by atoms with Gasteiger partial charge in [0.15, 0.2) is 0 Å². The quantitative estimate of drug-likeness (QED) is 0.463. The average molecular weight is 245 g/mol. The van der Waals surface area contributed by atoms with Crippen LogP contribution >= 0.6 is 0 Å². The summed E-state index contributed by atoms with van der Waals surface area (Å²) in [5, 5.41) is 8.67. The maximum absolute atomic E-state index is 8.67. The van der Waals surface area contributed by atoms with Crippen molar-refractivity contribution >= 4 is 8.80 Å². The van der Waals surface area contributed by atoms with E-state index in [-0.39, 0.29) is 0 Å². The number of hydrogen-bond acceptors (Lipinski definition) is 4. The first-order chi connectivity index (χ1) is 7.60. The molecule has 0 bridgehead atoms. The van der Waals surface area contributed by atoms with Gasteiger partial charge >= 0.3 is 8.80 Å². The van der Waals surface area contributed by atoms with Gasteiger partial charge < -0.3 is 13.3 Å². The number of hydrogen-bond donors (Lipinski definition) is 0. The van der Waals surface area contributed by atoms with Crippen molar-refractivity contribution in [2.75, 3.05) is 13.2 Å². The lowest BCUT2D eigenvalue weighted by molar-refractivity contribution is 0.104. The largest absolute Gasteiger partial charge is 0.575 e. The Kier molecular flexibility index (Phi) is 8.26. The maximum Gasteiger partial charge on any atom is 0.575 e. The van der Waals surface area contributed by atoms with E-state index in [2.05, 4.69) is 13.8 Å². The van der Waals surface area contributed by atoms with Gasteiger partial charge in [-0.25, -0.2) is 0 Å². The zero-order chi connectivity index (χ0) is 12.4. The lowest BCUT2D eigenvalue weighted by Crippen LogP contribution is -2.44. The Balaban J connectivity index is 4.30. The highest BCUT2D eigenvalue weighted by Crippen LogP contribution is 2.20. The van der Waals surface area contributed by atoms with E-state index >= 15 is 0 Å². The lowest BCUT2D eigenvalue weighted by Gasteiger charge is -2.25. The van der Waals surface area contributed by atoms with Crippen LogP contribution in [0.15, 0.2) is 0 Å². The van der Waals surface area contributed by atoms with Gasteiger partial charge in [-0.1, -0.05) is 20.3 Å². The van der Waals surface area contributed by atoms with Crippen LogP contribution in [0.1, 0.15) is 40.5 Å². The van der Waals surface area contributed by atoms with Crippen LogP contribution in [0.4, 0.5) is 0 Å². The molecule has 0 saturated heterocycles. The third kappa shape index (κ3) is 6.11. The van der Waals surface area contributed by atoms with Gasteiger partial charge in [0.2, 0.25) is 0 Å². The Bertz CT molecular complexity index is 210. The monoisotopic (exact) mass is 245 g/mol. The van der Waals surface area contributed by atoms with Crippen LogP contribution < -0.4 is 0 Å². The fourth-order valence-corrected chi connectivity index (χ4v) is 3.78. The van der Waals surface area contributed by atoms with E-state index < -0.39 is 8.80 Å². The maximum atomic E-state index is 8.67. The molecule has 0 fully saturated rings. The van der Waals surface area contributed by atoms with E-state index in [4.69, 9.17) is 18.5 Å². The molecule has 0 atom stereocenters. The van der Waals surface area contributed by atoms with Gasteiger partial charge in [-0.15, -0.1) is 0 Å². The van der Waals surface area contributed by atoms with Gasteiger partial charge in [-0.05, 0) is 26.2 Å². The normalized spacial score (nSPS) is 11.5. The summed E-state index contributed by atoms with van der Waals surface area (Å²) < 4.78 is 16.2. The summed E-state index contributed by atoms with van der Waals surface area (Å²) in [7, 11) is -2.72. The molecule has 16 heavy (non-hydrogen) atoms. The van der Waals surface area contributed by atoms with E-state index in [0.29, 0.717) is 19.1 Å². The first-order valence-corrected chi connectivity index (χ1v) is 7.88. The predicted molar refractivity (Wildman–Crippen MR) is 64.6 cm³/mol. The van der Waals surface area contributed by atoms with Crippen LogP contribution in [0.5, 0.6) is 0 Å². The molecule has 0 aliphatic heterocycles. The van der Waals surface area contributed by atoms with Crippen LogP contribution in [0.2, 0.25) is 6.04 Å². The summed E-state index contributed by atoms with van der Waals surface area (Å²) in [4.78, 5) is 0. The van der Waals surface area contributed by atoms with E-state index in [1.165, 1.54) is 0 Å². The molecule has 0 rings (SSSR count). The SMILES string of the molecule is CCO[Si](CCCC(C)C)(OC#N)OCC. The number of rotatable bonds is 9. The van der Waals surface area contributed by atoms with E-state index in [9.17, 15) is 0 Å². The van der Waals surface area contributed by atoms with E-state index in [1.807, 2.05) is 13.8 Å². The Hall–Kier alpha value is -0.573. The minimum Gasteiger partial charge on any atom is -0.431 e. The number of nitriles is 1. The van der Waals surface area contributed by atoms with Crippen molar-refractivity contribution in [1.29, 1.82) is 5.26 Å². The molecule has 0 saturated carbocycles. The van der Waals surface area contributed by atoms with Gasteiger partial charge in [0.25, 0.3) is 6.26 Å². The van der Waals surface area contributed by atoms with Crippen molar-refractivity contribution in [3.63, 3.8) is 0 Å². The molecule has 0 amide bonds. The standard InChI is InChI=1S/C11H23NO3Si/c1-5-13-16(14-6-2,15-10-12)9-7-8-11(3)4/h11H,5-9H2,1-4H3. The molecule has 0 aliphatic rings. The van der Waals surface area contributed by atoms with Crippen molar-refractivity contribution in [3.8, 4) is 6.26 Å². The summed E-state index contributed by atoms with van der Waals surface area (Å²) in [5.41, 5.74) is 0. The zero-order valence-corrected chi connectivity index (χ0v) is 11.8. The summed E-state index contributed by atoms with van der Waals surface area (Å²) >= 11 is 0. The topological polar surface area (TPSA) is 51.5 Å². The molecule has 0 aromatic rings. The molecule has 5 heteroatoms. The van der Waals surface area contributed by atoms with Gasteiger partial charge in [-0.2, -0.15) is 5.26 Å². The van der Waals surface area contributed by atoms with Crippen LogP contribution in [-0.4, -0.2) is 22.0 Å². The molecule has 4 nitrogen and oxygen atoms in total. The molecule has 0 spiro atoms. The van der Waals surface area contributed by atoms with Crippen molar-refractivity contribution in [2.45, 2.75) is 46.6 Å². The zero-order valence-electron chi connectivity index (χ0n) is 10.8. The summed E-state index contributed by atoms with van der Waals surface area (Å²) in [6, 6.07) is 0.723. The fraction of sp³-hybridized carbons (Fsp3) is 0.909. The second-order valence-corrected chi connectivity index (χ2v) is 6.68. The van der Waals surface area contributed by atoms with Gasteiger partial charge in [0.1, 0.15) is 0 Å². The van der Waals surface area contributed by atoms with Crippen LogP contribution in [0.25, 0.3) is 0 Å². The third-order valence-corrected chi connectivity index (χ3v) is 5.02. The molecule has 0 unspecified atom stereocenters. The molecule has 0 aromatic carbocycles. The van der Waals surface area contributed by atoms with Crippen molar-refractivity contribution in [2.24, 2.45) is 5.92 Å². The molecule has 0 heterocycles. The van der Waals surface area contributed by atoms with Gasteiger partial charge in [0, 0.05) is 19.3 Å². The molecule has 0 aromatic heterocycles. The average Bonchev–Trinajstić information content (AvgIpc) is 2.18. The Labute approximate surface area is 99.9 Å². The van der Waals surface area contributed by atoms with Crippen molar-refractivity contribution < 1.29 is 13.3 Å². The van der Waals surface area contributed by atoms with Crippen LogP contribution in [-0.2, 0) is 13.3 Å². The fourth-order valence-electron chi connectivity index (χ4n) is 1.53. The van der Waals surface area contributed by atoms with Crippen LogP contribution in [0, 0.1) is 17.4 Å². The van der Waals surface area contributed by atoms with Crippen molar-refractivity contribution in [3.05, 3.63) is 0 Å². The van der Waals surface area contributed by atoms with E-state index in [1.54, 1.807) is 6.26 Å². The van der Waals surface area contributed by atoms with Crippen molar-refractivity contribution in [1.82, 2.24) is 0 Å². The Morgan fingerprint density at radius 2 is 1.75 bits per heavy atom. The highest BCUT2D eigenvalue weighted by Gasteiger charge is 2.42. The number of nitrogens with zero attached hydrogens (tertiary/aromatic N) is 1. The molecule has 94 valence electrons. The summed E-state index contributed by atoms with van der Waals surface area (Å²) in [5.74, 6) is 0.650. The second kappa shape index (κ2) is 8.56.